The Morgan fingerprint density at radius 1 is 0.852 bits per heavy atom. The molecule has 3 heterocycles. The Morgan fingerprint density at radius 3 is 2.41 bits per heavy atom. The number of hydrogen-bond acceptors (Lipinski definition) is 7. The molecular weight excluding hydrogens is 356 g/mol. The van der Waals surface area contributed by atoms with Crippen molar-refractivity contribution in [1.82, 2.24) is 19.9 Å². The van der Waals surface area contributed by atoms with Gasteiger partial charge in [0.25, 0.3) is 0 Å². The predicted molar refractivity (Wildman–Crippen MR) is 111 cm³/mol. The number of hydrogen-bond donors (Lipinski definition) is 1. The van der Waals surface area contributed by atoms with Crippen molar-refractivity contribution in [1.29, 1.82) is 0 Å². The standard InChI is InChI=1S/C20H20N6S/c21-19-14-5-1-2-6-15(14)22-18(24-19)13-25-9-11-26(12-10-25)20-23-16-7-3-4-8-17(16)27-20/h1-8H,9-13H2,(H2,21,22,24). The molecule has 2 aromatic carbocycles. The molecule has 0 atom stereocenters. The average Bonchev–Trinajstić information content (AvgIpc) is 3.13. The Labute approximate surface area is 161 Å². The van der Waals surface area contributed by atoms with E-state index < -0.39 is 0 Å². The molecule has 2 N–H and O–H groups in total. The molecule has 1 fully saturated rings. The highest BCUT2D eigenvalue weighted by atomic mass is 32.1. The van der Waals surface area contributed by atoms with Crippen LogP contribution in [-0.4, -0.2) is 46.0 Å². The van der Waals surface area contributed by atoms with Gasteiger partial charge in [0.15, 0.2) is 5.13 Å². The van der Waals surface area contributed by atoms with E-state index in [4.69, 9.17) is 10.7 Å². The average molecular weight is 376 g/mol. The molecule has 136 valence electrons. The summed E-state index contributed by atoms with van der Waals surface area (Å²) in [5, 5.41) is 2.03. The Balaban J connectivity index is 1.28. The van der Waals surface area contributed by atoms with E-state index in [-0.39, 0.29) is 0 Å². The zero-order valence-electron chi connectivity index (χ0n) is 14.9. The molecule has 27 heavy (non-hydrogen) atoms. The van der Waals surface area contributed by atoms with Gasteiger partial charge in [-0.15, -0.1) is 0 Å². The van der Waals surface area contributed by atoms with Crippen LogP contribution in [0.25, 0.3) is 21.1 Å². The van der Waals surface area contributed by atoms with E-state index in [1.165, 1.54) is 4.70 Å². The molecule has 6 nitrogen and oxygen atoms in total. The number of nitrogens with zero attached hydrogens (tertiary/aromatic N) is 5. The van der Waals surface area contributed by atoms with Gasteiger partial charge in [0.1, 0.15) is 11.6 Å². The summed E-state index contributed by atoms with van der Waals surface area (Å²) in [4.78, 5) is 18.7. The minimum absolute atomic E-state index is 0.559. The number of thiazole rings is 1. The van der Waals surface area contributed by atoms with Gasteiger partial charge in [0, 0.05) is 31.6 Å². The van der Waals surface area contributed by atoms with Crippen LogP contribution in [0, 0.1) is 0 Å². The van der Waals surface area contributed by atoms with Crippen molar-refractivity contribution in [3.05, 3.63) is 54.4 Å². The van der Waals surface area contributed by atoms with Crippen molar-refractivity contribution in [2.45, 2.75) is 6.54 Å². The summed E-state index contributed by atoms with van der Waals surface area (Å²) in [5.41, 5.74) is 8.11. The number of nitrogens with two attached hydrogens (primary N) is 1. The summed E-state index contributed by atoms with van der Waals surface area (Å²) in [6.45, 7) is 4.58. The van der Waals surface area contributed by atoms with Crippen molar-refractivity contribution in [3.8, 4) is 0 Å². The summed E-state index contributed by atoms with van der Waals surface area (Å²) < 4.78 is 1.25. The normalized spacial score (nSPS) is 15.6. The molecule has 7 heteroatoms. The molecule has 0 spiro atoms. The molecule has 1 aliphatic heterocycles. The second-order valence-corrected chi connectivity index (χ2v) is 7.78. The van der Waals surface area contributed by atoms with Crippen LogP contribution in [0.2, 0.25) is 0 Å². The maximum atomic E-state index is 6.11. The molecule has 1 aliphatic rings. The Morgan fingerprint density at radius 2 is 1.59 bits per heavy atom. The van der Waals surface area contributed by atoms with Gasteiger partial charge in [-0.05, 0) is 24.3 Å². The van der Waals surface area contributed by atoms with Crippen molar-refractivity contribution < 1.29 is 0 Å². The van der Waals surface area contributed by atoms with Gasteiger partial charge in [-0.25, -0.2) is 15.0 Å². The molecule has 0 radical (unpaired) electrons. The fourth-order valence-electron chi connectivity index (χ4n) is 3.51. The maximum Gasteiger partial charge on any atom is 0.186 e. The first-order chi connectivity index (χ1) is 13.3. The number of aromatic nitrogens is 3. The highest BCUT2D eigenvalue weighted by molar-refractivity contribution is 7.22. The van der Waals surface area contributed by atoms with Crippen LogP contribution in [0.4, 0.5) is 10.9 Å². The predicted octanol–water partition coefficient (Wildman–Crippen LogP) is 3.14. The number of benzene rings is 2. The minimum atomic E-state index is 0.559. The van der Waals surface area contributed by atoms with Gasteiger partial charge in [-0.3, -0.25) is 4.90 Å². The summed E-state index contributed by atoms with van der Waals surface area (Å²) in [7, 11) is 0. The van der Waals surface area contributed by atoms with Gasteiger partial charge < -0.3 is 10.6 Å². The summed E-state index contributed by atoms with van der Waals surface area (Å²) in [5.74, 6) is 1.35. The molecule has 0 unspecified atom stereocenters. The third-order valence-corrected chi connectivity index (χ3v) is 6.07. The zero-order valence-corrected chi connectivity index (χ0v) is 15.7. The highest BCUT2D eigenvalue weighted by Gasteiger charge is 2.21. The lowest BCUT2D eigenvalue weighted by Gasteiger charge is -2.34. The fourth-order valence-corrected chi connectivity index (χ4v) is 4.53. The Kier molecular flexibility index (Phi) is 4.10. The van der Waals surface area contributed by atoms with E-state index in [1.54, 1.807) is 11.3 Å². The maximum absolute atomic E-state index is 6.11. The second-order valence-electron chi connectivity index (χ2n) is 6.77. The topological polar surface area (TPSA) is 71.2 Å². The fraction of sp³-hybridized carbons (Fsp3) is 0.250. The van der Waals surface area contributed by atoms with Gasteiger partial charge >= 0.3 is 0 Å². The molecular formula is C20H20N6S. The van der Waals surface area contributed by atoms with Crippen LogP contribution in [0.1, 0.15) is 5.82 Å². The second kappa shape index (κ2) is 6.75. The number of fused-ring (bicyclic) bond motifs is 2. The molecule has 0 aliphatic carbocycles. The van der Waals surface area contributed by atoms with Crippen LogP contribution in [0.3, 0.4) is 0 Å². The first-order valence-corrected chi connectivity index (χ1v) is 9.92. The SMILES string of the molecule is Nc1nc(CN2CCN(c3nc4ccccc4s3)CC2)nc2ccccc12. The summed E-state index contributed by atoms with van der Waals surface area (Å²) in [6, 6.07) is 16.2. The lowest BCUT2D eigenvalue weighted by molar-refractivity contribution is 0.244. The molecule has 5 rings (SSSR count). The Hall–Kier alpha value is -2.77. The van der Waals surface area contributed by atoms with Gasteiger partial charge in [-0.2, -0.15) is 0 Å². The van der Waals surface area contributed by atoms with Crippen LogP contribution < -0.4 is 10.6 Å². The first kappa shape index (κ1) is 16.4. The lowest BCUT2D eigenvalue weighted by atomic mass is 10.2. The van der Waals surface area contributed by atoms with E-state index in [2.05, 4.69) is 38.0 Å². The number of rotatable bonds is 3. The minimum Gasteiger partial charge on any atom is -0.383 e. The quantitative estimate of drug-likeness (QED) is 0.592. The largest absolute Gasteiger partial charge is 0.383 e. The van der Waals surface area contributed by atoms with Crippen molar-refractivity contribution in [3.63, 3.8) is 0 Å². The van der Waals surface area contributed by atoms with Crippen molar-refractivity contribution in [2.75, 3.05) is 36.8 Å². The number of piperazine rings is 1. The van der Waals surface area contributed by atoms with E-state index in [0.29, 0.717) is 5.82 Å². The Bertz CT molecular complexity index is 1070. The van der Waals surface area contributed by atoms with Gasteiger partial charge in [-0.1, -0.05) is 35.6 Å². The van der Waals surface area contributed by atoms with E-state index in [0.717, 1.165) is 60.1 Å². The third-order valence-electron chi connectivity index (χ3n) is 4.97. The zero-order chi connectivity index (χ0) is 18.2. The van der Waals surface area contributed by atoms with Crippen molar-refractivity contribution in [2.24, 2.45) is 0 Å². The van der Waals surface area contributed by atoms with Crippen LogP contribution in [0.15, 0.2) is 48.5 Å². The summed E-state index contributed by atoms with van der Waals surface area (Å²) in [6.07, 6.45) is 0. The highest BCUT2D eigenvalue weighted by Crippen LogP contribution is 2.29. The lowest BCUT2D eigenvalue weighted by Crippen LogP contribution is -2.46. The van der Waals surface area contributed by atoms with E-state index in [1.807, 2.05) is 30.3 Å². The molecule has 0 bridgehead atoms. The van der Waals surface area contributed by atoms with Crippen LogP contribution in [0.5, 0.6) is 0 Å². The number of nitrogen functional groups attached to an aromatic ring is 1. The number of para-hydroxylation sites is 2. The molecule has 4 aromatic rings. The molecule has 2 aromatic heterocycles. The molecule has 1 saturated heterocycles. The summed E-state index contributed by atoms with van der Waals surface area (Å²) >= 11 is 1.77. The molecule has 0 amide bonds. The van der Waals surface area contributed by atoms with E-state index in [9.17, 15) is 0 Å². The monoisotopic (exact) mass is 376 g/mol. The number of anilines is 2. The smallest absolute Gasteiger partial charge is 0.186 e. The van der Waals surface area contributed by atoms with Crippen molar-refractivity contribution >= 4 is 43.4 Å². The van der Waals surface area contributed by atoms with Crippen LogP contribution in [-0.2, 0) is 6.54 Å². The van der Waals surface area contributed by atoms with Gasteiger partial charge in [0.05, 0.1) is 22.3 Å². The van der Waals surface area contributed by atoms with Crippen LogP contribution >= 0.6 is 11.3 Å². The third kappa shape index (κ3) is 3.20. The molecule has 0 saturated carbocycles. The first-order valence-electron chi connectivity index (χ1n) is 9.10. The van der Waals surface area contributed by atoms with E-state index >= 15 is 0 Å². The van der Waals surface area contributed by atoms with Gasteiger partial charge in [0.2, 0.25) is 0 Å².